The van der Waals surface area contributed by atoms with E-state index in [1.54, 1.807) is 12.1 Å². The summed E-state index contributed by atoms with van der Waals surface area (Å²) >= 11 is 0. The van der Waals surface area contributed by atoms with E-state index >= 15 is 0 Å². The monoisotopic (exact) mass is 412 g/mol. The second-order valence-electron chi connectivity index (χ2n) is 7.32. The molecule has 0 amide bonds. The summed E-state index contributed by atoms with van der Waals surface area (Å²) in [5.41, 5.74) is 0.177. The lowest BCUT2D eigenvalue weighted by molar-refractivity contribution is 0.383. The molecule has 8 nitrogen and oxygen atoms in total. The van der Waals surface area contributed by atoms with Gasteiger partial charge in [-0.2, -0.15) is 9.57 Å². The Morgan fingerprint density at radius 1 is 0.931 bits per heavy atom. The molecule has 1 aromatic carbocycles. The fourth-order valence-corrected chi connectivity index (χ4v) is 5.45. The molecule has 0 unspecified atom stereocenters. The molecule has 0 N–H and O–H groups in total. The van der Waals surface area contributed by atoms with E-state index in [0.717, 1.165) is 30.5 Å². The number of hydrogen-bond acceptors (Lipinski definition) is 7. The average Bonchev–Trinajstić information content (AvgIpc) is 3.28. The van der Waals surface area contributed by atoms with Crippen LogP contribution in [-0.2, 0) is 10.0 Å². The number of nitriles is 1. The van der Waals surface area contributed by atoms with E-state index in [2.05, 4.69) is 19.8 Å². The maximum Gasteiger partial charge on any atom is 0.244 e. The van der Waals surface area contributed by atoms with Crippen LogP contribution in [0.15, 0.2) is 35.2 Å². The summed E-state index contributed by atoms with van der Waals surface area (Å²) in [6, 6.07) is 10.3. The molecule has 29 heavy (non-hydrogen) atoms. The van der Waals surface area contributed by atoms with Crippen molar-refractivity contribution in [2.75, 3.05) is 49.1 Å². The van der Waals surface area contributed by atoms with Crippen LogP contribution in [0.1, 0.15) is 24.2 Å². The Morgan fingerprint density at radius 3 is 2.14 bits per heavy atom. The number of piperazine rings is 1. The molecule has 2 aromatic rings. The lowest BCUT2D eigenvalue weighted by Gasteiger charge is -2.35. The summed E-state index contributed by atoms with van der Waals surface area (Å²) in [6.07, 6.45) is 2.36. The Labute approximate surface area is 171 Å². The van der Waals surface area contributed by atoms with Crippen LogP contribution in [0.5, 0.6) is 0 Å². The average molecular weight is 413 g/mol. The van der Waals surface area contributed by atoms with Crippen LogP contribution in [0.2, 0.25) is 0 Å². The predicted octanol–water partition coefficient (Wildman–Crippen LogP) is 1.77. The molecule has 3 heterocycles. The summed E-state index contributed by atoms with van der Waals surface area (Å²) in [6.45, 7) is 5.71. The molecule has 0 atom stereocenters. The number of sulfonamides is 1. The lowest BCUT2D eigenvalue weighted by Crippen LogP contribution is -2.49. The van der Waals surface area contributed by atoms with E-state index in [1.807, 2.05) is 19.1 Å². The molecule has 1 aromatic heterocycles. The van der Waals surface area contributed by atoms with E-state index in [1.165, 1.54) is 29.3 Å². The SMILES string of the molecule is Cc1nc(N2CCCC2)cc(N2CCN(S(=O)(=O)c3ccccc3C#N)CC2)n1. The number of nitrogens with zero attached hydrogens (tertiary/aromatic N) is 6. The molecule has 2 fully saturated rings. The zero-order chi connectivity index (χ0) is 20.4. The van der Waals surface area contributed by atoms with Crippen molar-refractivity contribution < 1.29 is 8.42 Å². The molecule has 152 valence electrons. The van der Waals surface area contributed by atoms with Gasteiger partial charge in [0, 0.05) is 45.3 Å². The molecule has 4 rings (SSSR count). The van der Waals surface area contributed by atoms with Gasteiger partial charge >= 0.3 is 0 Å². The van der Waals surface area contributed by atoms with E-state index in [9.17, 15) is 13.7 Å². The fourth-order valence-electron chi connectivity index (χ4n) is 3.89. The highest BCUT2D eigenvalue weighted by Gasteiger charge is 2.31. The highest BCUT2D eigenvalue weighted by molar-refractivity contribution is 7.89. The fraction of sp³-hybridized carbons (Fsp3) is 0.450. The maximum absolute atomic E-state index is 13.0. The van der Waals surface area contributed by atoms with Crippen LogP contribution < -0.4 is 9.80 Å². The van der Waals surface area contributed by atoms with Crippen molar-refractivity contribution in [1.82, 2.24) is 14.3 Å². The molecular weight excluding hydrogens is 388 g/mol. The first kappa shape index (κ1) is 19.6. The van der Waals surface area contributed by atoms with Crippen LogP contribution in [-0.4, -0.2) is 62.0 Å². The molecule has 0 bridgehead atoms. The van der Waals surface area contributed by atoms with E-state index in [4.69, 9.17) is 0 Å². The topological polar surface area (TPSA) is 93.4 Å². The van der Waals surface area contributed by atoms with E-state index < -0.39 is 10.0 Å². The Hall–Kier alpha value is -2.70. The van der Waals surface area contributed by atoms with Crippen molar-refractivity contribution in [3.63, 3.8) is 0 Å². The molecule has 0 saturated carbocycles. The molecule has 9 heteroatoms. The molecule has 0 aliphatic carbocycles. The number of benzene rings is 1. The van der Waals surface area contributed by atoms with Gasteiger partial charge in [0.2, 0.25) is 10.0 Å². The third kappa shape index (κ3) is 3.91. The summed E-state index contributed by atoms with van der Waals surface area (Å²) in [7, 11) is -3.70. The Bertz CT molecular complexity index is 1040. The van der Waals surface area contributed by atoms with Crippen LogP contribution in [0, 0.1) is 18.3 Å². The van der Waals surface area contributed by atoms with Crippen molar-refractivity contribution in [2.45, 2.75) is 24.7 Å². The van der Waals surface area contributed by atoms with Gasteiger partial charge in [0.1, 0.15) is 23.5 Å². The minimum Gasteiger partial charge on any atom is -0.356 e. The lowest BCUT2D eigenvalue weighted by atomic mass is 10.2. The standard InChI is InChI=1S/C20H24N6O2S/c1-16-22-19(24-8-4-5-9-24)14-20(23-16)25-10-12-26(13-11-25)29(27,28)18-7-3-2-6-17(18)15-21/h2-3,6-7,14H,4-5,8-13H2,1H3. The van der Waals surface area contributed by atoms with Crippen molar-refractivity contribution in [1.29, 1.82) is 5.26 Å². The second kappa shape index (κ2) is 7.97. The first-order chi connectivity index (χ1) is 14.0. The molecule has 2 aliphatic heterocycles. The molecule has 0 radical (unpaired) electrons. The van der Waals surface area contributed by atoms with Crippen molar-refractivity contribution in [3.05, 3.63) is 41.7 Å². The number of hydrogen-bond donors (Lipinski definition) is 0. The van der Waals surface area contributed by atoms with E-state index in [0.29, 0.717) is 26.2 Å². The Kier molecular flexibility index (Phi) is 5.39. The van der Waals surface area contributed by atoms with Crippen molar-refractivity contribution >= 4 is 21.7 Å². The summed E-state index contributed by atoms with van der Waals surface area (Å²) in [5, 5.41) is 9.25. The number of rotatable bonds is 4. The highest BCUT2D eigenvalue weighted by atomic mass is 32.2. The Balaban J connectivity index is 1.50. The second-order valence-corrected chi connectivity index (χ2v) is 9.23. The van der Waals surface area contributed by atoms with Gasteiger partial charge in [0.05, 0.1) is 10.5 Å². The summed E-state index contributed by atoms with van der Waals surface area (Å²) in [5.74, 6) is 2.51. The smallest absolute Gasteiger partial charge is 0.244 e. The quantitative estimate of drug-likeness (QED) is 0.755. The first-order valence-corrected chi connectivity index (χ1v) is 11.3. The van der Waals surface area contributed by atoms with Crippen LogP contribution in [0.4, 0.5) is 11.6 Å². The van der Waals surface area contributed by atoms with Gasteiger partial charge in [-0.15, -0.1) is 0 Å². The van der Waals surface area contributed by atoms with Gasteiger partial charge in [-0.05, 0) is 31.9 Å². The van der Waals surface area contributed by atoms with Gasteiger partial charge in [0.25, 0.3) is 0 Å². The van der Waals surface area contributed by atoms with Crippen LogP contribution in [0.3, 0.4) is 0 Å². The van der Waals surface area contributed by atoms with Gasteiger partial charge in [-0.1, -0.05) is 12.1 Å². The zero-order valence-corrected chi connectivity index (χ0v) is 17.3. The normalized spacial score (nSPS) is 18.1. The molecular formula is C20H24N6O2S. The van der Waals surface area contributed by atoms with Crippen LogP contribution >= 0.6 is 0 Å². The highest BCUT2D eigenvalue weighted by Crippen LogP contribution is 2.25. The molecule has 2 saturated heterocycles. The Morgan fingerprint density at radius 2 is 1.52 bits per heavy atom. The van der Waals surface area contributed by atoms with Gasteiger partial charge < -0.3 is 9.80 Å². The third-order valence-electron chi connectivity index (χ3n) is 5.43. The largest absolute Gasteiger partial charge is 0.356 e. The van der Waals surface area contributed by atoms with Crippen molar-refractivity contribution in [3.8, 4) is 6.07 Å². The number of aromatic nitrogens is 2. The third-order valence-corrected chi connectivity index (χ3v) is 7.39. The first-order valence-electron chi connectivity index (χ1n) is 9.84. The number of aryl methyl sites for hydroxylation is 1. The summed E-state index contributed by atoms with van der Waals surface area (Å²) in [4.78, 5) is 13.6. The molecule has 0 spiro atoms. The van der Waals surface area contributed by atoms with Gasteiger partial charge in [-0.3, -0.25) is 0 Å². The van der Waals surface area contributed by atoms with Gasteiger partial charge in [0.15, 0.2) is 0 Å². The summed E-state index contributed by atoms with van der Waals surface area (Å²) < 4.78 is 27.5. The van der Waals surface area contributed by atoms with Gasteiger partial charge in [-0.25, -0.2) is 18.4 Å². The number of anilines is 2. The molecule has 2 aliphatic rings. The van der Waals surface area contributed by atoms with Crippen LogP contribution in [0.25, 0.3) is 0 Å². The predicted molar refractivity (Wildman–Crippen MR) is 110 cm³/mol. The zero-order valence-electron chi connectivity index (χ0n) is 16.5. The minimum atomic E-state index is -3.70. The minimum absolute atomic E-state index is 0.0742. The van der Waals surface area contributed by atoms with Crippen molar-refractivity contribution in [2.24, 2.45) is 0 Å². The maximum atomic E-state index is 13.0. The van der Waals surface area contributed by atoms with E-state index in [-0.39, 0.29) is 10.5 Å².